The third-order valence-corrected chi connectivity index (χ3v) is 6.19. The fourth-order valence-corrected chi connectivity index (χ4v) is 4.42. The molecule has 0 fully saturated rings. The summed E-state index contributed by atoms with van der Waals surface area (Å²) in [7, 11) is -3.96. The van der Waals surface area contributed by atoms with Crippen LogP contribution in [0.4, 0.5) is 4.39 Å². The number of furan rings is 1. The van der Waals surface area contributed by atoms with Crippen LogP contribution in [0.25, 0.3) is 22.3 Å². The summed E-state index contributed by atoms with van der Waals surface area (Å²) in [4.78, 5) is 10.9. The van der Waals surface area contributed by atoms with E-state index in [9.17, 15) is 17.6 Å². The van der Waals surface area contributed by atoms with Gasteiger partial charge in [0.15, 0.2) is 9.84 Å². The molecule has 0 aliphatic rings. The summed E-state index contributed by atoms with van der Waals surface area (Å²) in [5, 5.41) is 9.92. The first-order valence-corrected chi connectivity index (χ1v) is 9.50. The maximum atomic E-state index is 14.5. The van der Waals surface area contributed by atoms with Crippen molar-refractivity contribution in [1.82, 2.24) is 0 Å². The van der Waals surface area contributed by atoms with Crippen molar-refractivity contribution in [3.8, 4) is 11.3 Å². The molecule has 0 saturated heterocycles. The van der Waals surface area contributed by atoms with E-state index in [1.54, 1.807) is 18.2 Å². The molecule has 0 saturated carbocycles. The number of halogens is 1. The zero-order valence-corrected chi connectivity index (χ0v) is 15.0. The first-order chi connectivity index (χ1) is 12.1. The van der Waals surface area contributed by atoms with Crippen molar-refractivity contribution in [3.63, 3.8) is 0 Å². The van der Waals surface area contributed by atoms with Crippen molar-refractivity contribution in [2.75, 3.05) is 5.75 Å². The van der Waals surface area contributed by atoms with Crippen LogP contribution in [-0.2, 0) is 14.6 Å². The highest BCUT2D eigenvalue weighted by molar-refractivity contribution is 7.91. The highest BCUT2D eigenvalue weighted by Gasteiger charge is 2.34. The minimum absolute atomic E-state index is 0.137. The molecule has 0 unspecified atom stereocenters. The highest BCUT2D eigenvalue weighted by Crippen LogP contribution is 2.31. The van der Waals surface area contributed by atoms with Crippen LogP contribution in [-0.4, -0.2) is 25.2 Å². The zero-order chi connectivity index (χ0) is 19.1. The van der Waals surface area contributed by atoms with Crippen LogP contribution in [0.5, 0.6) is 0 Å². The average molecular weight is 376 g/mol. The molecule has 0 aliphatic carbocycles. The van der Waals surface area contributed by atoms with E-state index >= 15 is 0 Å². The molecule has 0 amide bonds. The maximum Gasteiger partial charge on any atom is 0.310 e. The Balaban J connectivity index is 1.98. The lowest BCUT2D eigenvalue weighted by Crippen LogP contribution is -2.32. The number of carboxylic acid groups (broad SMARTS) is 1. The third kappa shape index (κ3) is 3.35. The number of hydrogen-bond acceptors (Lipinski definition) is 4. The van der Waals surface area contributed by atoms with Gasteiger partial charge in [-0.05, 0) is 44.2 Å². The number of carboxylic acids is 1. The number of fused-ring (bicyclic) bond motifs is 1. The molecule has 1 N–H and O–H groups in total. The van der Waals surface area contributed by atoms with Gasteiger partial charge in [0.1, 0.15) is 17.2 Å². The number of rotatable bonds is 5. The molecule has 3 aromatic rings. The van der Waals surface area contributed by atoms with E-state index in [2.05, 4.69) is 0 Å². The first kappa shape index (κ1) is 18.1. The zero-order valence-electron chi connectivity index (χ0n) is 14.2. The van der Waals surface area contributed by atoms with Crippen LogP contribution in [0.1, 0.15) is 13.8 Å². The summed E-state index contributed by atoms with van der Waals surface area (Å²) in [5.74, 6) is -2.32. The molecular formula is C19H17FO5S. The largest absolute Gasteiger partial charge is 0.481 e. The summed E-state index contributed by atoms with van der Waals surface area (Å²) in [6.45, 7) is 2.62. The van der Waals surface area contributed by atoms with E-state index in [0.717, 1.165) is 11.5 Å². The van der Waals surface area contributed by atoms with Gasteiger partial charge in [0, 0.05) is 5.39 Å². The Morgan fingerprint density at radius 3 is 2.46 bits per heavy atom. The molecule has 0 spiro atoms. The highest BCUT2D eigenvalue weighted by atomic mass is 32.2. The van der Waals surface area contributed by atoms with Gasteiger partial charge in [-0.1, -0.05) is 18.2 Å². The fraction of sp³-hybridized carbons (Fsp3) is 0.211. The van der Waals surface area contributed by atoms with E-state index in [-0.39, 0.29) is 10.5 Å². The molecule has 0 aliphatic heterocycles. The number of aliphatic carboxylic acids is 1. The predicted octanol–water partition coefficient (Wildman–Crippen LogP) is 4.12. The normalized spacial score (nSPS) is 12.4. The molecule has 1 heterocycles. The Kier molecular flexibility index (Phi) is 4.36. The molecular weight excluding hydrogens is 359 g/mol. The van der Waals surface area contributed by atoms with Gasteiger partial charge in [-0.25, -0.2) is 12.8 Å². The van der Waals surface area contributed by atoms with Crippen LogP contribution in [0.2, 0.25) is 0 Å². The molecule has 3 rings (SSSR count). The quantitative estimate of drug-likeness (QED) is 0.724. The van der Waals surface area contributed by atoms with Crippen LogP contribution < -0.4 is 0 Å². The maximum absolute atomic E-state index is 14.5. The van der Waals surface area contributed by atoms with Crippen LogP contribution in [0, 0.1) is 11.2 Å². The third-order valence-electron chi connectivity index (χ3n) is 4.12. The Bertz CT molecular complexity index is 1060. The second-order valence-electron chi connectivity index (χ2n) is 6.74. The standard InChI is InChI=1S/C19H17FO5S/c1-19(2,18(21)22)11-26(23,24)13-7-8-14(15(20)10-13)17-9-12-5-3-4-6-16(12)25-17/h3-10H,11H2,1-2H3,(H,21,22). The number of hydrogen-bond donors (Lipinski definition) is 1. The topological polar surface area (TPSA) is 84.6 Å². The Morgan fingerprint density at radius 1 is 1.15 bits per heavy atom. The van der Waals surface area contributed by atoms with E-state index in [1.165, 1.54) is 26.0 Å². The van der Waals surface area contributed by atoms with Crippen molar-refractivity contribution < 1.29 is 27.1 Å². The van der Waals surface area contributed by atoms with Gasteiger partial charge >= 0.3 is 5.97 Å². The summed E-state index contributed by atoms with van der Waals surface area (Å²) >= 11 is 0. The molecule has 136 valence electrons. The second-order valence-corrected chi connectivity index (χ2v) is 8.73. The van der Waals surface area contributed by atoms with Crippen LogP contribution in [0.3, 0.4) is 0 Å². The fourth-order valence-electron chi connectivity index (χ4n) is 2.62. The number of benzene rings is 2. The molecule has 0 bridgehead atoms. The Hall–Kier alpha value is -2.67. The minimum atomic E-state index is -3.96. The summed E-state index contributed by atoms with van der Waals surface area (Å²) in [5.41, 5.74) is -0.744. The molecule has 0 radical (unpaired) electrons. The van der Waals surface area contributed by atoms with Gasteiger partial charge in [0.2, 0.25) is 0 Å². The number of carbonyl (C=O) groups is 1. The smallest absolute Gasteiger partial charge is 0.310 e. The van der Waals surface area contributed by atoms with Gasteiger partial charge in [0.25, 0.3) is 0 Å². The molecule has 2 aromatic carbocycles. The number of sulfone groups is 1. The predicted molar refractivity (Wildman–Crippen MR) is 95.1 cm³/mol. The number of para-hydroxylation sites is 1. The van der Waals surface area contributed by atoms with Gasteiger partial charge in [-0.2, -0.15) is 0 Å². The average Bonchev–Trinajstić information content (AvgIpc) is 2.97. The van der Waals surface area contributed by atoms with Crippen molar-refractivity contribution in [3.05, 3.63) is 54.3 Å². The van der Waals surface area contributed by atoms with Crippen LogP contribution in [0.15, 0.2) is 57.8 Å². The summed E-state index contributed by atoms with van der Waals surface area (Å²) < 4.78 is 45.0. The molecule has 26 heavy (non-hydrogen) atoms. The molecule has 0 atom stereocenters. The first-order valence-electron chi connectivity index (χ1n) is 7.85. The van der Waals surface area contributed by atoms with E-state index < -0.39 is 32.8 Å². The molecule has 5 nitrogen and oxygen atoms in total. The minimum Gasteiger partial charge on any atom is -0.481 e. The molecule has 1 aromatic heterocycles. The summed E-state index contributed by atoms with van der Waals surface area (Å²) in [6.07, 6.45) is 0. The van der Waals surface area contributed by atoms with Gasteiger partial charge in [0.05, 0.1) is 21.6 Å². The Labute approximate surface area is 150 Å². The lowest BCUT2D eigenvalue weighted by atomic mass is 9.97. The van der Waals surface area contributed by atoms with Crippen molar-refractivity contribution in [2.24, 2.45) is 5.41 Å². The summed E-state index contributed by atoms with van der Waals surface area (Å²) in [6, 6.07) is 12.4. The van der Waals surface area contributed by atoms with E-state index in [4.69, 9.17) is 9.52 Å². The Morgan fingerprint density at radius 2 is 1.85 bits per heavy atom. The van der Waals surface area contributed by atoms with Gasteiger partial charge in [-0.3, -0.25) is 4.79 Å². The van der Waals surface area contributed by atoms with Crippen molar-refractivity contribution >= 4 is 26.8 Å². The van der Waals surface area contributed by atoms with E-state index in [1.807, 2.05) is 12.1 Å². The second kappa shape index (κ2) is 6.25. The van der Waals surface area contributed by atoms with Crippen molar-refractivity contribution in [2.45, 2.75) is 18.7 Å². The lowest BCUT2D eigenvalue weighted by molar-refractivity contribution is -0.145. The van der Waals surface area contributed by atoms with E-state index in [0.29, 0.717) is 11.3 Å². The monoisotopic (exact) mass is 376 g/mol. The molecule has 7 heteroatoms. The van der Waals surface area contributed by atoms with Crippen molar-refractivity contribution in [1.29, 1.82) is 0 Å². The SMILES string of the molecule is CC(C)(CS(=O)(=O)c1ccc(-c2cc3ccccc3o2)c(F)c1)C(=O)O. The van der Waals surface area contributed by atoms with Gasteiger partial charge in [-0.15, -0.1) is 0 Å². The van der Waals surface area contributed by atoms with Crippen LogP contribution >= 0.6 is 0 Å². The van der Waals surface area contributed by atoms with Gasteiger partial charge < -0.3 is 9.52 Å². The lowest BCUT2D eigenvalue weighted by Gasteiger charge is -2.19.